The van der Waals surface area contributed by atoms with E-state index in [0.717, 1.165) is 0 Å². The molecule has 0 bridgehead atoms. The molecule has 3 nitrogen and oxygen atoms in total. The van der Waals surface area contributed by atoms with Crippen LogP contribution in [0.3, 0.4) is 0 Å². The SMILES string of the molecule is CCOc1ccccc1NC(=O)Cc1ccccc1F. The van der Waals surface area contributed by atoms with Crippen LogP contribution in [-0.4, -0.2) is 12.5 Å². The Bertz CT molecular complexity index is 599. The molecule has 2 aromatic carbocycles. The lowest BCUT2D eigenvalue weighted by molar-refractivity contribution is -0.115. The number of ether oxygens (including phenoxy) is 1. The van der Waals surface area contributed by atoms with Crippen molar-refractivity contribution in [2.75, 3.05) is 11.9 Å². The molecule has 0 atom stereocenters. The molecule has 1 amide bonds. The molecule has 4 heteroatoms. The van der Waals surface area contributed by atoms with E-state index in [2.05, 4.69) is 5.32 Å². The van der Waals surface area contributed by atoms with Crippen molar-refractivity contribution in [2.24, 2.45) is 0 Å². The maximum Gasteiger partial charge on any atom is 0.229 e. The summed E-state index contributed by atoms with van der Waals surface area (Å²) in [4.78, 5) is 12.0. The number of benzene rings is 2. The number of rotatable bonds is 5. The molecule has 1 N–H and O–H groups in total. The molecule has 0 heterocycles. The van der Waals surface area contributed by atoms with Crippen LogP contribution in [0.2, 0.25) is 0 Å². The Balaban J connectivity index is 2.07. The van der Waals surface area contributed by atoms with Gasteiger partial charge in [-0.25, -0.2) is 4.39 Å². The lowest BCUT2D eigenvalue weighted by Gasteiger charge is -2.11. The van der Waals surface area contributed by atoms with Gasteiger partial charge in [0.15, 0.2) is 0 Å². The van der Waals surface area contributed by atoms with Crippen molar-refractivity contribution >= 4 is 11.6 Å². The van der Waals surface area contributed by atoms with Gasteiger partial charge in [-0.15, -0.1) is 0 Å². The Morgan fingerprint density at radius 1 is 1.15 bits per heavy atom. The zero-order chi connectivity index (χ0) is 14.4. The molecule has 0 aliphatic heterocycles. The molecule has 2 rings (SSSR count). The maximum absolute atomic E-state index is 13.5. The van der Waals surface area contributed by atoms with Crippen LogP contribution < -0.4 is 10.1 Å². The summed E-state index contributed by atoms with van der Waals surface area (Å²) in [5.41, 5.74) is 0.967. The van der Waals surface area contributed by atoms with E-state index in [1.54, 1.807) is 36.4 Å². The molecule has 0 fully saturated rings. The van der Waals surface area contributed by atoms with E-state index < -0.39 is 0 Å². The number of carbonyl (C=O) groups is 1. The number of hydrogen-bond acceptors (Lipinski definition) is 2. The topological polar surface area (TPSA) is 38.3 Å². The number of hydrogen-bond donors (Lipinski definition) is 1. The van der Waals surface area contributed by atoms with Gasteiger partial charge in [0, 0.05) is 0 Å². The predicted octanol–water partition coefficient (Wildman–Crippen LogP) is 3.41. The highest BCUT2D eigenvalue weighted by Gasteiger charge is 2.10. The van der Waals surface area contributed by atoms with Gasteiger partial charge in [0.1, 0.15) is 11.6 Å². The Morgan fingerprint density at radius 3 is 2.60 bits per heavy atom. The first-order chi connectivity index (χ1) is 9.70. The standard InChI is InChI=1S/C16H16FNO2/c1-2-20-15-10-6-5-9-14(15)18-16(19)11-12-7-3-4-8-13(12)17/h3-10H,2,11H2,1H3,(H,18,19). The van der Waals surface area contributed by atoms with E-state index in [1.807, 2.05) is 13.0 Å². The Morgan fingerprint density at radius 2 is 1.85 bits per heavy atom. The molecule has 0 unspecified atom stereocenters. The number of para-hydroxylation sites is 2. The van der Waals surface area contributed by atoms with Crippen molar-refractivity contribution in [3.63, 3.8) is 0 Å². The quantitative estimate of drug-likeness (QED) is 0.906. The van der Waals surface area contributed by atoms with Crippen molar-refractivity contribution < 1.29 is 13.9 Å². The average molecular weight is 273 g/mol. The van der Waals surface area contributed by atoms with Gasteiger partial charge in [0.25, 0.3) is 0 Å². The third kappa shape index (κ3) is 3.57. The third-order valence-corrected chi connectivity index (χ3v) is 2.77. The fraction of sp³-hybridized carbons (Fsp3) is 0.188. The van der Waals surface area contributed by atoms with Crippen molar-refractivity contribution in [2.45, 2.75) is 13.3 Å². The lowest BCUT2D eigenvalue weighted by Crippen LogP contribution is -2.16. The molecular formula is C16H16FNO2. The summed E-state index contributed by atoms with van der Waals surface area (Å²) in [5, 5.41) is 2.74. The molecule has 0 aliphatic rings. The van der Waals surface area contributed by atoms with Gasteiger partial charge in [-0.2, -0.15) is 0 Å². The zero-order valence-electron chi connectivity index (χ0n) is 11.2. The van der Waals surface area contributed by atoms with Crippen LogP contribution >= 0.6 is 0 Å². The maximum atomic E-state index is 13.5. The van der Waals surface area contributed by atoms with Gasteiger partial charge in [-0.3, -0.25) is 4.79 Å². The molecule has 0 saturated carbocycles. The summed E-state index contributed by atoms with van der Waals surface area (Å²) in [6, 6.07) is 13.4. The van der Waals surface area contributed by atoms with Gasteiger partial charge in [-0.1, -0.05) is 30.3 Å². The predicted molar refractivity (Wildman–Crippen MR) is 76.3 cm³/mol. The summed E-state index contributed by atoms with van der Waals surface area (Å²) < 4.78 is 18.9. The Kier molecular flexibility index (Phi) is 4.71. The summed E-state index contributed by atoms with van der Waals surface area (Å²) in [6.07, 6.45) is -0.00681. The van der Waals surface area contributed by atoms with Crippen molar-refractivity contribution in [3.05, 3.63) is 59.9 Å². The van der Waals surface area contributed by atoms with Crippen LogP contribution in [0.15, 0.2) is 48.5 Å². The van der Waals surface area contributed by atoms with E-state index >= 15 is 0 Å². The normalized spacial score (nSPS) is 10.1. The summed E-state index contributed by atoms with van der Waals surface area (Å²) in [5.74, 6) is -0.0418. The van der Waals surface area contributed by atoms with Gasteiger partial charge < -0.3 is 10.1 Å². The average Bonchev–Trinajstić information content (AvgIpc) is 2.44. The van der Waals surface area contributed by atoms with Gasteiger partial charge >= 0.3 is 0 Å². The van der Waals surface area contributed by atoms with Gasteiger partial charge in [-0.05, 0) is 30.7 Å². The van der Waals surface area contributed by atoms with E-state index in [9.17, 15) is 9.18 Å². The molecular weight excluding hydrogens is 257 g/mol. The first-order valence-corrected chi connectivity index (χ1v) is 6.45. The minimum atomic E-state index is -0.374. The fourth-order valence-corrected chi connectivity index (χ4v) is 1.86. The zero-order valence-corrected chi connectivity index (χ0v) is 11.2. The van der Waals surface area contributed by atoms with Crippen LogP contribution in [0.5, 0.6) is 5.75 Å². The first kappa shape index (κ1) is 14.1. The number of anilines is 1. The monoisotopic (exact) mass is 273 g/mol. The largest absolute Gasteiger partial charge is 0.492 e. The highest BCUT2D eigenvalue weighted by Crippen LogP contribution is 2.23. The highest BCUT2D eigenvalue weighted by atomic mass is 19.1. The number of carbonyl (C=O) groups excluding carboxylic acids is 1. The molecule has 0 aromatic heterocycles. The third-order valence-electron chi connectivity index (χ3n) is 2.77. The van der Waals surface area contributed by atoms with Crippen LogP contribution in [0.1, 0.15) is 12.5 Å². The van der Waals surface area contributed by atoms with E-state index in [4.69, 9.17) is 4.74 Å². The minimum absolute atomic E-state index is 0.00681. The van der Waals surface area contributed by atoms with E-state index in [1.165, 1.54) is 6.07 Å². The number of halogens is 1. The highest BCUT2D eigenvalue weighted by molar-refractivity contribution is 5.93. The molecule has 20 heavy (non-hydrogen) atoms. The second kappa shape index (κ2) is 6.70. The first-order valence-electron chi connectivity index (χ1n) is 6.45. The second-order valence-electron chi connectivity index (χ2n) is 4.25. The molecule has 0 radical (unpaired) electrons. The van der Waals surface area contributed by atoms with E-state index in [0.29, 0.717) is 23.6 Å². The molecule has 104 valence electrons. The molecule has 0 saturated heterocycles. The minimum Gasteiger partial charge on any atom is -0.492 e. The van der Waals surface area contributed by atoms with Crippen LogP contribution in [0.25, 0.3) is 0 Å². The smallest absolute Gasteiger partial charge is 0.229 e. The fourth-order valence-electron chi connectivity index (χ4n) is 1.86. The Labute approximate surface area is 117 Å². The molecule has 0 spiro atoms. The van der Waals surface area contributed by atoms with Gasteiger partial charge in [0.05, 0.1) is 18.7 Å². The van der Waals surface area contributed by atoms with Crippen LogP contribution in [0, 0.1) is 5.82 Å². The van der Waals surface area contributed by atoms with E-state index in [-0.39, 0.29) is 18.1 Å². The molecule has 2 aromatic rings. The van der Waals surface area contributed by atoms with Crippen LogP contribution in [-0.2, 0) is 11.2 Å². The second-order valence-corrected chi connectivity index (χ2v) is 4.25. The van der Waals surface area contributed by atoms with Crippen LogP contribution in [0.4, 0.5) is 10.1 Å². The summed E-state index contributed by atoms with van der Waals surface area (Å²) in [7, 11) is 0. The number of amides is 1. The van der Waals surface area contributed by atoms with Crippen molar-refractivity contribution in [1.82, 2.24) is 0 Å². The molecule has 0 aliphatic carbocycles. The lowest BCUT2D eigenvalue weighted by atomic mass is 10.1. The van der Waals surface area contributed by atoms with Crippen molar-refractivity contribution in [3.8, 4) is 5.75 Å². The summed E-state index contributed by atoms with van der Waals surface area (Å²) in [6.45, 7) is 2.39. The van der Waals surface area contributed by atoms with Crippen molar-refractivity contribution in [1.29, 1.82) is 0 Å². The number of nitrogens with one attached hydrogen (secondary N) is 1. The Hall–Kier alpha value is -2.36. The van der Waals surface area contributed by atoms with Gasteiger partial charge in [0.2, 0.25) is 5.91 Å². The summed E-state index contributed by atoms with van der Waals surface area (Å²) >= 11 is 0.